The number of benzene rings is 1. The van der Waals surface area contributed by atoms with E-state index < -0.39 is 11.1 Å². The van der Waals surface area contributed by atoms with Crippen LogP contribution in [0.4, 0.5) is 0 Å². The minimum Gasteiger partial charge on any atom is -0.339 e. The second-order valence-electron chi connectivity index (χ2n) is 4.16. The molecule has 0 bridgehead atoms. The zero-order valence-corrected chi connectivity index (χ0v) is 10.7. The number of hydrogen-bond acceptors (Lipinski definition) is 2. The summed E-state index contributed by atoms with van der Waals surface area (Å²) in [5.41, 5.74) is 0.603. The first-order valence-corrected chi connectivity index (χ1v) is 6.96. The van der Waals surface area contributed by atoms with Crippen molar-refractivity contribution in [3.05, 3.63) is 42.0 Å². The Hall–Kier alpha value is -1.46. The number of amides is 1. The molecule has 18 heavy (non-hydrogen) atoms. The molecule has 0 spiro atoms. The molecule has 0 saturated carbocycles. The van der Waals surface area contributed by atoms with E-state index in [1.54, 1.807) is 29.2 Å². The van der Waals surface area contributed by atoms with E-state index in [4.69, 9.17) is 0 Å². The SMILES string of the molecule is O=C(/C=C(/c1ccccc1)S(=O)O)N1CCCC1. The van der Waals surface area contributed by atoms with Crippen LogP contribution in [0.5, 0.6) is 0 Å². The van der Waals surface area contributed by atoms with Gasteiger partial charge in [0.15, 0.2) is 11.1 Å². The molecule has 1 unspecified atom stereocenters. The lowest BCUT2D eigenvalue weighted by Crippen LogP contribution is -2.26. The van der Waals surface area contributed by atoms with Crippen molar-refractivity contribution in [1.29, 1.82) is 0 Å². The molecule has 1 heterocycles. The molecule has 1 N–H and O–H groups in total. The monoisotopic (exact) mass is 265 g/mol. The van der Waals surface area contributed by atoms with E-state index in [1.165, 1.54) is 6.08 Å². The lowest BCUT2D eigenvalue weighted by molar-refractivity contribution is -0.124. The largest absolute Gasteiger partial charge is 0.339 e. The second-order valence-corrected chi connectivity index (χ2v) is 5.09. The Morgan fingerprint density at radius 1 is 1.22 bits per heavy atom. The number of likely N-dealkylation sites (tertiary alicyclic amines) is 1. The van der Waals surface area contributed by atoms with Crippen LogP contribution in [-0.2, 0) is 15.9 Å². The zero-order chi connectivity index (χ0) is 13.0. The van der Waals surface area contributed by atoms with E-state index in [1.807, 2.05) is 6.07 Å². The fourth-order valence-electron chi connectivity index (χ4n) is 1.98. The summed E-state index contributed by atoms with van der Waals surface area (Å²) < 4.78 is 20.6. The van der Waals surface area contributed by atoms with Crippen LogP contribution in [0.3, 0.4) is 0 Å². The zero-order valence-electron chi connectivity index (χ0n) is 9.91. The van der Waals surface area contributed by atoms with Crippen LogP contribution in [0.15, 0.2) is 36.4 Å². The van der Waals surface area contributed by atoms with Gasteiger partial charge < -0.3 is 9.45 Å². The Morgan fingerprint density at radius 2 is 1.83 bits per heavy atom. The van der Waals surface area contributed by atoms with Gasteiger partial charge in [-0.1, -0.05) is 30.3 Å². The molecule has 5 heteroatoms. The van der Waals surface area contributed by atoms with Gasteiger partial charge >= 0.3 is 0 Å². The molecule has 2 rings (SSSR count). The lowest BCUT2D eigenvalue weighted by atomic mass is 10.2. The van der Waals surface area contributed by atoms with Crippen molar-refractivity contribution >= 4 is 21.9 Å². The van der Waals surface area contributed by atoms with E-state index in [9.17, 15) is 13.6 Å². The van der Waals surface area contributed by atoms with Crippen LogP contribution in [-0.4, -0.2) is 32.7 Å². The summed E-state index contributed by atoms with van der Waals surface area (Å²) in [6.45, 7) is 1.46. The predicted molar refractivity (Wildman–Crippen MR) is 71.0 cm³/mol. The molecule has 0 aromatic heterocycles. The van der Waals surface area contributed by atoms with Gasteiger partial charge in [0, 0.05) is 19.2 Å². The average molecular weight is 265 g/mol. The van der Waals surface area contributed by atoms with Crippen molar-refractivity contribution in [3.8, 4) is 0 Å². The van der Waals surface area contributed by atoms with Crippen molar-refractivity contribution < 1.29 is 13.6 Å². The Labute approximate surface area is 109 Å². The highest BCUT2D eigenvalue weighted by Gasteiger charge is 2.18. The standard InChI is InChI=1S/C13H15NO3S/c15-13(14-8-4-5-9-14)10-12(18(16)17)11-6-2-1-3-7-11/h1-3,6-7,10H,4-5,8-9H2,(H,16,17)/b12-10-. The summed E-state index contributed by atoms with van der Waals surface area (Å²) in [6, 6.07) is 8.81. The van der Waals surface area contributed by atoms with Gasteiger partial charge in [0.1, 0.15) is 0 Å². The van der Waals surface area contributed by atoms with Crippen molar-refractivity contribution in [3.63, 3.8) is 0 Å². The number of rotatable bonds is 3. The van der Waals surface area contributed by atoms with Crippen molar-refractivity contribution in [2.45, 2.75) is 12.8 Å². The highest BCUT2D eigenvalue weighted by atomic mass is 32.2. The van der Waals surface area contributed by atoms with E-state index in [-0.39, 0.29) is 10.8 Å². The van der Waals surface area contributed by atoms with Gasteiger partial charge in [-0.2, -0.15) is 0 Å². The van der Waals surface area contributed by atoms with Gasteiger partial charge in [-0.05, 0) is 18.4 Å². The predicted octanol–water partition coefficient (Wildman–Crippen LogP) is 1.87. The number of hydrogen-bond donors (Lipinski definition) is 1. The smallest absolute Gasteiger partial charge is 0.247 e. The minimum atomic E-state index is -2.16. The first kappa shape index (κ1) is 13.0. The molecule has 4 nitrogen and oxygen atoms in total. The average Bonchev–Trinajstić information content (AvgIpc) is 2.90. The van der Waals surface area contributed by atoms with E-state index in [0.717, 1.165) is 25.9 Å². The van der Waals surface area contributed by atoms with Crippen LogP contribution in [0.1, 0.15) is 18.4 Å². The van der Waals surface area contributed by atoms with Gasteiger partial charge in [-0.25, -0.2) is 4.21 Å². The van der Waals surface area contributed by atoms with Crippen LogP contribution in [0, 0.1) is 0 Å². The first-order valence-electron chi connectivity index (χ1n) is 5.85. The summed E-state index contributed by atoms with van der Waals surface area (Å²) in [5.74, 6) is -0.186. The van der Waals surface area contributed by atoms with E-state index in [0.29, 0.717) is 5.56 Å². The molecule has 96 valence electrons. The molecule has 0 aliphatic carbocycles. The summed E-state index contributed by atoms with van der Waals surface area (Å²) in [6.07, 6.45) is 3.28. The Bertz CT molecular complexity index is 478. The third-order valence-electron chi connectivity index (χ3n) is 2.92. The van der Waals surface area contributed by atoms with Gasteiger partial charge in [0.05, 0.1) is 4.91 Å². The molecule has 1 aromatic carbocycles. The fourth-order valence-corrected chi connectivity index (χ4v) is 2.52. The molecule has 1 saturated heterocycles. The third-order valence-corrected chi connectivity index (χ3v) is 3.65. The van der Waals surface area contributed by atoms with Crippen LogP contribution in [0.2, 0.25) is 0 Å². The molecule has 0 radical (unpaired) electrons. The van der Waals surface area contributed by atoms with Gasteiger partial charge in [-0.3, -0.25) is 4.79 Å². The first-order chi connectivity index (χ1) is 8.68. The Balaban J connectivity index is 2.25. The lowest BCUT2D eigenvalue weighted by Gasteiger charge is -2.13. The summed E-state index contributed by atoms with van der Waals surface area (Å²) in [5, 5.41) is 0. The van der Waals surface area contributed by atoms with Crippen LogP contribution < -0.4 is 0 Å². The Kier molecular flexibility index (Phi) is 4.28. The van der Waals surface area contributed by atoms with Gasteiger partial charge in [0.2, 0.25) is 5.91 Å². The number of carbonyl (C=O) groups excluding carboxylic acids is 1. The molecule has 1 aliphatic rings. The number of nitrogens with zero attached hydrogens (tertiary/aromatic N) is 1. The molecular weight excluding hydrogens is 250 g/mol. The molecule has 1 aliphatic heterocycles. The third kappa shape index (κ3) is 3.05. The van der Waals surface area contributed by atoms with E-state index in [2.05, 4.69) is 0 Å². The van der Waals surface area contributed by atoms with Crippen molar-refractivity contribution in [2.24, 2.45) is 0 Å². The molecule has 1 amide bonds. The van der Waals surface area contributed by atoms with Gasteiger partial charge in [-0.15, -0.1) is 0 Å². The van der Waals surface area contributed by atoms with Crippen LogP contribution >= 0.6 is 0 Å². The summed E-state index contributed by atoms with van der Waals surface area (Å²) in [4.78, 5) is 13.8. The second kappa shape index (κ2) is 5.93. The molecule has 1 fully saturated rings. The normalized spacial score (nSPS) is 17.8. The molecule has 1 aromatic rings. The topological polar surface area (TPSA) is 57.6 Å². The maximum Gasteiger partial charge on any atom is 0.247 e. The van der Waals surface area contributed by atoms with Crippen molar-refractivity contribution in [1.82, 2.24) is 4.90 Å². The maximum atomic E-state index is 11.9. The van der Waals surface area contributed by atoms with Crippen molar-refractivity contribution in [2.75, 3.05) is 13.1 Å². The minimum absolute atomic E-state index is 0.160. The van der Waals surface area contributed by atoms with Gasteiger partial charge in [0.25, 0.3) is 0 Å². The highest BCUT2D eigenvalue weighted by Crippen LogP contribution is 2.18. The highest BCUT2D eigenvalue weighted by molar-refractivity contribution is 7.89. The fraction of sp³-hybridized carbons (Fsp3) is 0.308. The quantitative estimate of drug-likeness (QED) is 0.670. The molecular formula is C13H15NO3S. The summed E-state index contributed by atoms with van der Waals surface area (Å²) in [7, 11) is 0. The Morgan fingerprint density at radius 3 is 2.39 bits per heavy atom. The van der Waals surface area contributed by atoms with E-state index >= 15 is 0 Å². The molecule has 1 atom stereocenters. The van der Waals surface area contributed by atoms with Crippen LogP contribution in [0.25, 0.3) is 4.91 Å². The maximum absolute atomic E-state index is 11.9. The summed E-state index contributed by atoms with van der Waals surface area (Å²) >= 11 is -2.16. The number of carbonyl (C=O) groups is 1.